The van der Waals surface area contributed by atoms with Crippen LogP contribution in [0.25, 0.3) is 0 Å². The van der Waals surface area contributed by atoms with Crippen molar-refractivity contribution < 1.29 is 19.4 Å². The number of aliphatic carboxylic acids is 1. The van der Waals surface area contributed by atoms with Crippen LogP contribution in [0.15, 0.2) is 0 Å². The topological polar surface area (TPSA) is 63.6 Å². The highest BCUT2D eigenvalue weighted by molar-refractivity contribution is 5.75. The fraction of sp³-hybridized carbons (Fsp3) is 0.920. The molecule has 4 nitrogen and oxygen atoms in total. The molecule has 29 heavy (non-hydrogen) atoms. The van der Waals surface area contributed by atoms with Gasteiger partial charge in [0.05, 0.1) is 11.8 Å². The van der Waals surface area contributed by atoms with Gasteiger partial charge in [-0.3, -0.25) is 9.59 Å². The molecular weight excluding hydrogens is 364 g/mol. The zero-order valence-corrected chi connectivity index (χ0v) is 19.3. The maximum atomic E-state index is 12.7. The molecule has 0 aromatic heterocycles. The number of carboxylic acid groups (broad SMARTS) is 1. The van der Waals surface area contributed by atoms with Gasteiger partial charge in [0.15, 0.2) is 0 Å². The second-order valence-electron chi connectivity index (χ2n) is 9.55. The van der Waals surface area contributed by atoms with Crippen molar-refractivity contribution in [3.63, 3.8) is 0 Å². The summed E-state index contributed by atoms with van der Waals surface area (Å²) in [6, 6.07) is 0. The molecule has 0 bridgehead atoms. The molecule has 0 aromatic carbocycles. The van der Waals surface area contributed by atoms with E-state index in [0.29, 0.717) is 12.8 Å². The van der Waals surface area contributed by atoms with E-state index in [1.54, 1.807) is 0 Å². The third-order valence-corrected chi connectivity index (χ3v) is 6.33. The van der Waals surface area contributed by atoms with Gasteiger partial charge in [-0.05, 0) is 50.9 Å². The first-order chi connectivity index (χ1) is 13.9. The van der Waals surface area contributed by atoms with Crippen LogP contribution in [0.5, 0.6) is 0 Å². The van der Waals surface area contributed by atoms with E-state index in [9.17, 15) is 14.7 Å². The van der Waals surface area contributed by atoms with Crippen LogP contribution in [0.3, 0.4) is 0 Å². The summed E-state index contributed by atoms with van der Waals surface area (Å²) in [5.41, 5.74) is 0. The first-order valence-corrected chi connectivity index (χ1v) is 12.4. The van der Waals surface area contributed by atoms with Crippen molar-refractivity contribution in [3.05, 3.63) is 0 Å². The number of hydrogen-bond acceptors (Lipinski definition) is 3. The molecule has 1 rings (SSSR count). The minimum atomic E-state index is -0.767. The molecular formula is C25H46O4. The number of carbonyl (C=O) groups is 2. The Bertz CT molecular complexity index is 446. The minimum absolute atomic E-state index is 0.0134. The lowest BCUT2D eigenvalue weighted by molar-refractivity contribution is -0.158. The number of ether oxygens (including phenoxy) is 1. The molecule has 0 aliphatic heterocycles. The third kappa shape index (κ3) is 12.3. The van der Waals surface area contributed by atoms with Crippen molar-refractivity contribution >= 4 is 11.9 Å². The lowest BCUT2D eigenvalue weighted by Crippen LogP contribution is -2.31. The van der Waals surface area contributed by atoms with Crippen LogP contribution in [0.1, 0.15) is 124 Å². The number of carboxylic acids is 1. The number of hydrogen-bond donors (Lipinski definition) is 1. The van der Waals surface area contributed by atoms with E-state index in [4.69, 9.17) is 4.74 Å². The Morgan fingerprint density at radius 2 is 1.41 bits per heavy atom. The predicted octanol–water partition coefficient (Wildman–Crippen LogP) is 7.15. The van der Waals surface area contributed by atoms with Gasteiger partial charge in [-0.25, -0.2) is 0 Å². The predicted molar refractivity (Wildman–Crippen MR) is 119 cm³/mol. The van der Waals surface area contributed by atoms with Gasteiger partial charge in [-0.15, -0.1) is 0 Å². The quantitative estimate of drug-likeness (QED) is 0.217. The summed E-state index contributed by atoms with van der Waals surface area (Å²) in [7, 11) is 0. The van der Waals surface area contributed by atoms with Crippen LogP contribution in [0.4, 0.5) is 0 Å². The molecule has 3 atom stereocenters. The normalized spacial score (nSPS) is 20.6. The maximum absolute atomic E-state index is 12.7. The third-order valence-electron chi connectivity index (χ3n) is 6.33. The summed E-state index contributed by atoms with van der Waals surface area (Å²) >= 11 is 0. The van der Waals surface area contributed by atoms with Gasteiger partial charge in [0.1, 0.15) is 6.10 Å². The molecule has 0 radical (unpaired) electrons. The molecule has 3 unspecified atom stereocenters. The molecule has 0 amide bonds. The van der Waals surface area contributed by atoms with Gasteiger partial charge in [-0.2, -0.15) is 0 Å². The average molecular weight is 411 g/mol. The minimum Gasteiger partial charge on any atom is -0.481 e. The highest BCUT2D eigenvalue weighted by atomic mass is 16.5. The van der Waals surface area contributed by atoms with Crippen LogP contribution in [0, 0.1) is 17.8 Å². The average Bonchev–Trinajstić information content (AvgIpc) is 2.69. The number of unbranched alkanes of at least 4 members (excludes halogenated alkanes) is 7. The van der Waals surface area contributed by atoms with Crippen molar-refractivity contribution in [1.82, 2.24) is 0 Å². The zero-order valence-electron chi connectivity index (χ0n) is 19.3. The fourth-order valence-corrected chi connectivity index (χ4v) is 4.40. The second-order valence-corrected chi connectivity index (χ2v) is 9.55. The lowest BCUT2D eigenvalue weighted by atomic mass is 9.81. The second kappa shape index (κ2) is 15.7. The highest BCUT2D eigenvalue weighted by Gasteiger charge is 2.32. The van der Waals surface area contributed by atoms with E-state index < -0.39 is 5.97 Å². The van der Waals surface area contributed by atoms with E-state index in [-0.39, 0.29) is 23.9 Å². The summed E-state index contributed by atoms with van der Waals surface area (Å²) < 4.78 is 5.94. The molecule has 1 fully saturated rings. The van der Waals surface area contributed by atoms with Crippen molar-refractivity contribution in [2.75, 3.05) is 0 Å². The largest absolute Gasteiger partial charge is 0.481 e. The first kappa shape index (κ1) is 26.0. The lowest BCUT2D eigenvalue weighted by Gasteiger charge is -2.27. The monoisotopic (exact) mass is 410 g/mol. The van der Waals surface area contributed by atoms with Gasteiger partial charge in [0, 0.05) is 0 Å². The molecule has 1 saturated carbocycles. The summed E-state index contributed by atoms with van der Waals surface area (Å²) in [5.74, 6) is -0.740. The van der Waals surface area contributed by atoms with Crippen molar-refractivity contribution in [2.24, 2.45) is 17.8 Å². The summed E-state index contributed by atoms with van der Waals surface area (Å²) in [6.07, 6.45) is 16.9. The van der Waals surface area contributed by atoms with E-state index in [0.717, 1.165) is 44.4 Å². The van der Waals surface area contributed by atoms with E-state index in [1.807, 2.05) is 0 Å². The standard InChI is InChI=1S/C25H46O4/c1-4-5-6-7-11-17-23(18-12-9-8-10-14-20(2)3)29-25(28)22-16-13-15-21(19-22)24(26)27/h20-23H,4-19H2,1-3H3,(H,26,27). The molecule has 1 aliphatic carbocycles. The van der Waals surface area contributed by atoms with Crippen molar-refractivity contribution in [1.29, 1.82) is 0 Å². The van der Waals surface area contributed by atoms with Crippen molar-refractivity contribution in [3.8, 4) is 0 Å². The van der Waals surface area contributed by atoms with Gasteiger partial charge < -0.3 is 9.84 Å². The Morgan fingerprint density at radius 1 is 0.862 bits per heavy atom. The first-order valence-electron chi connectivity index (χ1n) is 12.4. The van der Waals surface area contributed by atoms with E-state index in [1.165, 1.54) is 51.4 Å². The zero-order chi connectivity index (χ0) is 21.5. The number of carbonyl (C=O) groups excluding carboxylic acids is 1. The molecule has 1 aliphatic rings. The van der Waals surface area contributed by atoms with Gasteiger partial charge in [-0.1, -0.05) is 78.6 Å². The Morgan fingerprint density at radius 3 is 1.97 bits per heavy atom. The van der Waals surface area contributed by atoms with Crippen molar-refractivity contribution in [2.45, 2.75) is 130 Å². The Balaban J connectivity index is 2.42. The van der Waals surface area contributed by atoms with Crippen LogP contribution in [-0.4, -0.2) is 23.1 Å². The molecule has 1 N–H and O–H groups in total. The molecule has 4 heteroatoms. The van der Waals surface area contributed by atoms with Crippen LogP contribution in [-0.2, 0) is 14.3 Å². The molecule has 0 heterocycles. The summed E-state index contributed by atoms with van der Waals surface area (Å²) in [5, 5.41) is 9.28. The molecule has 0 spiro atoms. The van der Waals surface area contributed by atoms with Gasteiger partial charge >= 0.3 is 11.9 Å². The Labute approximate surface area is 179 Å². The number of rotatable bonds is 16. The highest BCUT2D eigenvalue weighted by Crippen LogP contribution is 2.31. The SMILES string of the molecule is CCCCCCCC(CCCCCCC(C)C)OC(=O)C1CCCC(C(=O)O)C1. The van der Waals surface area contributed by atoms with E-state index >= 15 is 0 Å². The Kier molecular flexibility index (Phi) is 14.1. The summed E-state index contributed by atoms with van der Waals surface area (Å²) in [4.78, 5) is 24.0. The smallest absolute Gasteiger partial charge is 0.309 e. The maximum Gasteiger partial charge on any atom is 0.309 e. The molecule has 170 valence electrons. The van der Waals surface area contributed by atoms with Crippen LogP contribution < -0.4 is 0 Å². The Hall–Kier alpha value is -1.06. The van der Waals surface area contributed by atoms with E-state index in [2.05, 4.69) is 20.8 Å². The van der Waals surface area contributed by atoms with Crippen LogP contribution >= 0.6 is 0 Å². The molecule has 0 aromatic rings. The number of esters is 1. The summed E-state index contributed by atoms with van der Waals surface area (Å²) in [6.45, 7) is 6.76. The van der Waals surface area contributed by atoms with Crippen LogP contribution in [0.2, 0.25) is 0 Å². The molecule has 0 saturated heterocycles. The van der Waals surface area contributed by atoms with Gasteiger partial charge in [0.2, 0.25) is 0 Å². The van der Waals surface area contributed by atoms with Gasteiger partial charge in [0.25, 0.3) is 0 Å². The fourth-order valence-electron chi connectivity index (χ4n) is 4.40.